The molecule has 0 saturated carbocycles. The summed E-state index contributed by atoms with van der Waals surface area (Å²) < 4.78 is 7.28. The first-order valence-electron chi connectivity index (χ1n) is 9.16. The molecule has 1 saturated heterocycles. The summed E-state index contributed by atoms with van der Waals surface area (Å²) >= 11 is 0. The van der Waals surface area contributed by atoms with Gasteiger partial charge in [-0.05, 0) is 31.9 Å². The zero-order valence-electron chi connectivity index (χ0n) is 15.2. The Morgan fingerprint density at radius 2 is 2.04 bits per heavy atom. The fourth-order valence-corrected chi connectivity index (χ4v) is 3.27. The maximum Gasteiger partial charge on any atom is 0.259 e. The zero-order chi connectivity index (χ0) is 18.6. The van der Waals surface area contributed by atoms with Gasteiger partial charge in [-0.1, -0.05) is 0 Å². The van der Waals surface area contributed by atoms with E-state index >= 15 is 0 Å². The second kappa shape index (κ2) is 7.71. The van der Waals surface area contributed by atoms with Crippen molar-refractivity contribution < 1.29 is 9.53 Å². The molecule has 0 aliphatic carbocycles. The van der Waals surface area contributed by atoms with Crippen molar-refractivity contribution in [3.8, 4) is 0 Å². The van der Waals surface area contributed by atoms with Gasteiger partial charge in [-0.15, -0.1) is 0 Å². The van der Waals surface area contributed by atoms with E-state index in [9.17, 15) is 4.79 Å². The minimum Gasteiger partial charge on any atom is -0.381 e. The number of hydrogen-bond donors (Lipinski definition) is 2. The SMILES string of the molecule is CCn1ncc2c(NC3CCOCC3)c(C(=O)Nc3ccncc3)cnc21. The van der Waals surface area contributed by atoms with Crippen molar-refractivity contribution in [2.75, 3.05) is 23.8 Å². The molecular weight excluding hydrogens is 344 g/mol. The minimum absolute atomic E-state index is 0.214. The van der Waals surface area contributed by atoms with Crippen molar-refractivity contribution in [2.45, 2.75) is 32.4 Å². The van der Waals surface area contributed by atoms with E-state index in [1.54, 1.807) is 36.9 Å². The third kappa shape index (κ3) is 3.61. The zero-order valence-corrected chi connectivity index (χ0v) is 15.2. The number of nitrogens with zero attached hydrogens (tertiary/aromatic N) is 4. The van der Waals surface area contributed by atoms with Crippen LogP contribution in [-0.4, -0.2) is 44.9 Å². The van der Waals surface area contributed by atoms with E-state index in [1.807, 2.05) is 11.6 Å². The van der Waals surface area contributed by atoms with Gasteiger partial charge in [-0.25, -0.2) is 9.67 Å². The monoisotopic (exact) mass is 366 g/mol. The molecule has 4 rings (SSSR count). The first kappa shape index (κ1) is 17.4. The van der Waals surface area contributed by atoms with Crippen LogP contribution in [0.25, 0.3) is 11.0 Å². The molecule has 0 aromatic carbocycles. The van der Waals surface area contributed by atoms with Gasteiger partial charge in [0.2, 0.25) is 0 Å². The maximum atomic E-state index is 12.9. The van der Waals surface area contributed by atoms with Gasteiger partial charge in [0.25, 0.3) is 5.91 Å². The van der Waals surface area contributed by atoms with Crippen molar-refractivity contribution in [2.24, 2.45) is 0 Å². The van der Waals surface area contributed by atoms with Crippen LogP contribution in [0.15, 0.2) is 36.9 Å². The van der Waals surface area contributed by atoms with Gasteiger partial charge in [-0.3, -0.25) is 9.78 Å². The third-order valence-electron chi connectivity index (χ3n) is 4.72. The molecule has 0 spiro atoms. The molecule has 8 heteroatoms. The first-order chi connectivity index (χ1) is 13.3. The Hall–Kier alpha value is -3.00. The number of aromatic nitrogens is 4. The van der Waals surface area contributed by atoms with E-state index < -0.39 is 0 Å². The molecule has 0 atom stereocenters. The van der Waals surface area contributed by atoms with Crippen LogP contribution in [0.4, 0.5) is 11.4 Å². The highest BCUT2D eigenvalue weighted by atomic mass is 16.5. The first-order valence-corrected chi connectivity index (χ1v) is 9.16. The number of ether oxygens (including phenoxy) is 1. The van der Waals surface area contributed by atoms with Crippen molar-refractivity contribution in [1.29, 1.82) is 0 Å². The molecule has 4 heterocycles. The predicted octanol–water partition coefficient (Wildman–Crippen LogP) is 2.69. The molecule has 0 unspecified atom stereocenters. The lowest BCUT2D eigenvalue weighted by Crippen LogP contribution is -2.29. The van der Waals surface area contributed by atoms with Crippen molar-refractivity contribution in [1.82, 2.24) is 19.7 Å². The molecule has 0 radical (unpaired) electrons. The predicted molar refractivity (Wildman–Crippen MR) is 103 cm³/mol. The van der Waals surface area contributed by atoms with E-state index in [1.165, 1.54) is 0 Å². The number of carbonyl (C=O) groups is 1. The van der Waals surface area contributed by atoms with E-state index in [0.717, 1.165) is 49.3 Å². The normalized spacial score (nSPS) is 15.0. The van der Waals surface area contributed by atoms with Crippen LogP contribution in [0.3, 0.4) is 0 Å². The van der Waals surface area contributed by atoms with Gasteiger partial charge in [0.15, 0.2) is 5.65 Å². The summed E-state index contributed by atoms with van der Waals surface area (Å²) in [5.74, 6) is -0.214. The van der Waals surface area contributed by atoms with Crippen LogP contribution in [0.1, 0.15) is 30.1 Å². The van der Waals surface area contributed by atoms with E-state index in [0.29, 0.717) is 11.3 Å². The van der Waals surface area contributed by atoms with Crippen molar-refractivity contribution >= 4 is 28.3 Å². The molecule has 1 amide bonds. The van der Waals surface area contributed by atoms with Crippen LogP contribution in [0, 0.1) is 0 Å². The Morgan fingerprint density at radius 1 is 1.26 bits per heavy atom. The summed E-state index contributed by atoms with van der Waals surface area (Å²) in [4.78, 5) is 21.4. The summed E-state index contributed by atoms with van der Waals surface area (Å²) in [6, 6.07) is 3.76. The molecule has 2 N–H and O–H groups in total. The molecule has 1 fully saturated rings. The summed E-state index contributed by atoms with van der Waals surface area (Å²) in [5, 5.41) is 11.7. The molecular formula is C19H22N6O2. The van der Waals surface area contributed by atoms with E-state index in [-0.39, 0.29) is 11.9 Å². The second-order valence-electron chi connectivity index (χ2n) is 6.47. The number of carbonyl (C=O) groups excluding carboxylic acids is 1. The lowest BCUT2D eigenvalue weighted by atomic mass is 10.1. The topological polar surface area (TPSA) is 94.0 Å². The van der Waals surface area contributed by atoms with Crippen LogP contribution in [-0.2, 0) is 11.3 Å². The van der Waals surface area contributed by atoms with Gasteiger partial charge >= 0.3 is 0 Å². The number of anilines is 2. The smallest absolute Gasteiger partial charge is 0.259 e. The third-order valence-corrected chi connectivity index (χ3v) is 4.72. The minimum atomic E-state index is -0.214. The molecule has 3 aromatic rings. The fourth-order valence-electron chi connectivity index (χ4n) is 3.27. The highest BCUT2D eigenvalue weighted by Gasteiger charge is 2.22. The van der Waals surface area contributed by atoms with Gasteiger partial charge in [0.1, 0.15) is 0 Å². The lowest BCUT2D eigenvalue weighted by Gasteiger charge is -2.25. The Balaban J connectivity index is 1.71. The molecule has 8 nitrogen and oxygen atoms in total. The average molecular weight is 366 g/mol. The standard InChI is InChI=1S/C19H22N6O2/c1-2-25-18-15(12-22-25)17(23-14-5-9-27-10-6-14)16(11-21-18)19(26)24-13-3-7-20-8-4-13/h3-4,7-8,11-12,14H,2,5-6,9-10H2,1H3,(H,21,23)(H,20,24,26). The lowest BCUT2D eigenvalue weighted by molar-refractivity contribution is 0.0904. The highest BCUT2D eigenvalue weighted by molar-refractivity contribution is 6.12. The molecule has 140 valence electrons. The Morgan fingerprint density at radius 3 is 2.78 bits per heavy atom. The van der Waals surface area contributed by atoms with E-state index in [2.05, 4.69) is 25.7 Å². The Kier molecular flexibility index (Phi) is 4.97. The fraction of sp³-hybridized carbons (Fsp3) is 0.368. The summed E-state index contributed by atoms with van der Waals surface area (Å²) in [6.45, 7) is 4.18. The summed E-state index contributed by atoms with van der Waals surface area (Å²) in [5.41, 5.74) is 2.74. The van der Waals surface area contributed by atoms with E-state index in [4.69, 9.17) is 4.74 Å². The maximum absolute atomic E-state index is 12.9. The van der Waals surface area contributed by atoms with Gasteiger partial charge < -0.3 is 15.4 Å². The Bertz CT molecular complexity index is 934. The van der Waals surface area contributed by atoms with Gasteiger partial charge in [0, 0.05) is 50.1 Å². The molecule has 3 aromatic heterocycles. The number of pyridine rings is 2. The van der Waals surface area contributed by atoms with Crippen LogP contribution in [0.2, 0.25) is 0 Å². The summed E-state index contributed by atoms with van der Waals surface area (Å²) in [6.07, 6.45) is 8.48. The quantitative estimate of drug-likeness (QED) is 0.721. The molecule has 1 aliphatic rings. The van der Waals surface area contributed by atoms with Crippen LogP contribution >= 0.6 is 0 Å². The van der Waals surface area contributed by atoms with Gasteiger partial charge in [-0.2, -0.15) is 5.10 Å². The van der Waals surface area contributed by atoms with Crippen LogP contribution < -0.4 is 10.6 Å². The number of aryl methyl sites for hydroxylation is 1. The number of rotatable bonds is 5. The number of nitrogens with one attached hydrogen (secondary N) is 2. The Labute approximate surface area is 157 Å². The second-order valence-corrected chi connectivity index (χ2v) is 6.47. The number of fused-ring (bicyclic) bond motifs is 1. The highest BCUT2D eigenvalue weighted by Crippen LogP contribution is 2.29. The largest absolute Gasteiger partial charge is 0.381 e. The van der Waals surface area contributed by atoms with Crippen molar-refractivity contribution in [3.05, 3.63) is 42.5 Å². The molecule has 0 bridgehead atoms. The molecule has 27 heavy (non-hydrogen) atoms. The number of amides is 1. The molecule has 1 aliphatic heterocycles. The number of hydrogen-bond acceptors (Lipinski definition) is 6. The summed E-state index contributed by atoms with van der Waals surface area (Å²) in [7, 11) is 0. The van der Waals surface area contributed by atoms with Crippen molar-refractivity contribution in [3.63, 3.8) is 0 Å². The van der Waals surface area contributed by atoms with Crippen LogP contribution in [0.5, 0.6) is 0 Å². The van der Waals surface area contributed by atoms with Gasteiger partial charge in [0.05, 0.1) is 22.8 Å². The average Bonchev–Trinajstić information content (AvgIpc) is 3.13.